The first-order valence-electron chi connectivity index (χ1n) is 7.10. The lowest BCUT2D eigenvalue weighted by Gasteiger charge is -2.05. The third-order valence-corrected chi connectivity index (χ3v) is 3.32. The number of nitrogens with zero attached hydrogens (tertiary/aromatic N) is 3. The second-order valence-corrected chi connectivity index (χ2v) is 4.98. The molecule has 0 saturated heterocycles. The van der Waals surface area contributed by atoms with Gasteiger partial charge in [-0.1, -0.05) is 0 Å². The molecule has 6 nitrogen and oxygen atoms in total. The number of rotatable bonds is 7. The van der Waals surface area contributed by atoms with Gasteiger partial charge in [0.25, 0.3) is 0 Å². The van der Waals surface area contributed by atoms with Crippen LogP contribution in [0.3, 0.4) is 0 Å². The van der Waals surface area contributed by atoms with Crippen molar-refractivity contribution in [2.45, 2.75) is 26.4 Å². The van der Waals surface area contributed by atoms with Gasteiger partial charge in [-0.3, -0.25) is 9.78 Å². The topological polar surface area (TPSA) is 71.7 Å². The van der Waals surface area contributed by atoms with Gasteiger partial charge in [0.1, 0.15) is 11.5 Å². The van der Waals surface area contributed by atoms with Gasteiger partial charge in [-0.25, -0.2) is 0 Å². The number of furan rings is 1. The molecule has 0 fully saturated rings. The Morgan fingerprint density at radius 2 is 2.33 bits per heavy atom. The van der Waals surface area contributed by atoms with Crippen LogP contribution < -0.4 is 5.32 Å². The van der Waals surface area contributed by atoms with Gasteiger partial charge in [-0.05, 0) is 38.1 Å². The smallest absolute Gasteiger partial charge is 0.152 e. The van der Waals surface area contributed by atoms with Crippen molar-refractivity contribution in [3.05, 3.63) is 48.1 Å². The van der Waals surface area contributed by atoms with Crippen LogP contribution in [0.25, 0.3) is 11.5 Å². The zero-order valence-electron chi connectivity index (χ0n) is 12.0. The van der Waals surface area contributed by atoms with Gasteiger partial charge in [0.2, 0.25) is 0 Å². The molecule has 0 bridgehead atoms. The molecule has 0 aliphatic carbocycles. The van der Waals surface area contributed by atoms with Gasteiger partial charge >= 0.3 is 0 Å². The summed E-state index contributed by atoms with van der Waals surface area (Å²) in [6, 6.07) is 5.86. The molecule has 3 aromatic rings. The molecular formula is C15H19N5O. The first-order chi connectivity index (χ1) is 10.3. The molecule has 3 aromatic heterocycles. The SMILES string of the molecule is Cc1ccc(-c2[nH]ncc2CNCCCn2cccn2)o1. The van der Waals surface area contributed by atoms with Gasteiger partial charge in [-0.2, -0.15) is 10.2 Å². The maximum absolute atomic E-state index is 5.63. The number of aromatic nitrogens is 4. The Kier molecular flexibility index (Phi) is 4.16. The van der Waals surface area contributed by atoms with E-state index in [1.54, 1.807) is 6.20 Å². The highest BCUT2D eigenvalue weighted by Gasteiger charge is 2.10. The van der Waals surface area contributed by atoms with E-state index in [0.717, 1.165) is 48.8 Å². The number of aromatic amines is 1. The summed E-state index contributed by atoms with van der Waals surface area (Å²) < 4.78 is 7.58. The lowest BCUT2D eigenvalue weighted by molar-refractivity contribution is 0.538. The molecule has 3 heterocycles. The Morgan fingerprint density at radius 3 is 3.10 bits per heavy atom. The summed E-state index contributed by atoms with van der Waals surface area (Å²) in [5, 5.41) is 14.7. The molecule has 0 spiro atoms. The fourth-order valence-corrected chi connectivity index (χ4v) is 2.25. The van der Waals surface area contributed by atoms with E-state index in [1.165, 1.54) is 0 Å². The fourth-order valence-electron chi connectivity index (χ4n) is 2.25. The van der Waals surface area contributed by atoms with Gasteiger partial charge in [0.15, 0.2) is 5.76 Å². The average Bonchev–Trinajstić information content (AvgIpc) is 3.19. The number of nitrogens with one attached hydrogen (secondary N) is 2. The molecule has 6 heteroatoms. The Balaban J connectivity index is 1.49. The molecule has 0 amide bonds. The molecule has 0 unspecified atom stereocenters. The number of hydrogen-bond acceptors (Lipinski definition) is 4. The Morgan fingerprint density at radius 1 is 1.38 bits per heavy atom. The zero-order valence-corrected chi connectivity index (χ0v) is 12.0. The maximum Gasteiger partial charge on any atom is 0.152 e. The van der Waals surface area contributed by atoms with Gasteiger partial charge in [0, 0.05) is 31.0 Å². The van der Waals surface area contributed by atoms with Crippen LogP contribution in [0, 0.1) is 6.92 Å². The van der Waals surface area contributed by atoms with Gasteiger partial charge < -0.3 is 9.73 Å². The van der Waals surface area contributed by atoms with Gasteiger partial charge in [0.05, 0.1) is 6.20 Å². The van der Waals surface area contributed by atoms with Crippen LogP contribution in [0.2, 0.25) is 0 Å². The molecule has 2 N–H and O–H groups in total. The highest BCUT2D eigenvalue weighted by molar-refractivity contribution is 5.56. The second kappa shape index (κ2) is 6.41. The maximum atomic E-state index is 5.63. The number of aryl methyl sites for hydroxylation is 2. The summed E-state index contributed by atoms with van der Waals surface area (Å²) in [6.45, 7) is 4.56. The molecule has 0 saturated carbocycles. The molecule has 0 aliphatic rings. The summed E-state index contributed by atoms with van der Waals surface area (Å²) in [5.74, 6) is 1.73. The molecule has 0 aromatic carbocycles. The normalized spacial score (nSPS) is 11.1. The molecule has 21 heavy (non-hydrogen) atoms. The summed E-state index contributed by atoms with van der Waals surface area (Å²) in [5.41, 5.74) is 2.06. The predicted octanol–water partition coefficient (Wildman–Crippen LogP) is 2.35. The van der Waals surface area contributed by atoms with Crippen molar-refractivity contribution in [3.8, 4) is 11.5 Å². The van der Waals surface area contributed by atoms with Crippen LogP contribution in [0.4, 0.5) is 0 Å². The molecule has 0 atom stereocenters. The van der Waals surface area contributed by atoms with Crippen LogP contribution in [0.5, 0.6) is 0 Å². The molecule has 110 valence electrons. The molecule has 3 rings (SSSR count). The first kappa shape index (κ1) is 13.6. The van der Waals surface area contributed by atoms with Crippen LogP contribution in [-0.4, -0.2) is 26.5 Å². The third kappa shape index (κ3) is 3.41. The summed E-state index contributed by atoms with van der Waals surface area (Å²) >= 11 is 0. The van der Waals surface area contributed by atoms with Crippen molar-refractivity contribution < 1.29 is 4.42 Å². The van der Waals surface area contributed by atoms with Crippen molar-refractivity contribution in [3.63, 3.8) is 0 Å². The lowest BCUT2D eigenvalue weighted by Crippen LogP contribution is -2.16. The molecular weight excluding hydrogens is 266 g/mol. The number of hydrogen-bond donors (Lipinski definition) is 2. The van der Waals surface area contributed by atoms with Crippen molar-refractivity contribution in [1.29, 1.82) is 0 Å². The minimum Gasteiger partial charge on any atom is -0.460 e. The van der Waals surface area contributed by atoms with E-state index in [4.69, 9.17) is 4.42 Å². The van der Waals surface area contributed by atoms with Crippen LogP contribution in [0.1, 0.15) is 17.7 Å². The quantitative estimate of drug-likeness (QED) is 0.654. The van der Waals surface area contributed by atoms with E-state index < -0.39 is 0 Å². The minimum atomic E-state index is 0.769. The van der Waals surface area contributed by atoms with E-state index in [0.29, 0.717) is 0 Å². The van der Waals surface area contributed by atoms with Crippen LogP contribution in [-0.2, 0) is 13.1 Å². The highest BCUT2D eigenvalue weighted by atomic mass is 16.3. The van der Waals surface area contributed by atoms with E-state index in [9.17, 15) is 0 Å². The lowest BCUT2D eigenvalue weighted by atomic mass is 10.2. The fraction of sp³-hybridized carbons (Fsp3) is 0.333. The third-order valence-electron chi connectivity index (χ3n) is 3.32. The highest BCUT2D eigenvalue weighted by Crippen LogP contribution is 2.23. The van der Waals surface area contributed by atoms with Crippen molar-refractivity contribution in [2.75, 3.05) is 6.54 Å². The summed E-state index contributed by atoms with van der Waals surface area (Å²) in [7, 11) is 0. The van der Waals surface area contributed by atoms with Crippen molar-refractivity contribution in [1.82, 2.24) is 25.3 Å². The van der Waals surface area contributed by atoms with E-state index in [2.05, 4.69) is 20.6 Å². The van der Waals surface area contributed by atoms with Gasteiger partial charge in [-0.15, -0.1) is 0 Å². The molecule has 0 aliphatic heterocycles. The second-order valence-electron chi connectivity index (χ2n) is 4.98. The minimum absolute atomic E-state index is 0.769. The average molecular weight is 285 g/mol. The Hall–Kier alpha value is -2.34. The molecule has 0 radical (unpaired) electrons. The summed E-state index contributed by atoms with van der Waals surface area (Å²) in [6.07, 6.45) is 6.66. The van der Waals surface area contributed by atoms with Crippen molar-refractivity contribution in [2.24, 2.45) is 0 Å². The Labute approximate surface area is 123 Å². The van der Waals surface area contributed by atoms with E-state index in [1.807, 2.05) is 42.2 Å². The monoisotopic (exact) mass is 285 g/mol. The standard InChI is InChI=1S/C15H19N5O/c1-12-4-5-14(21-12)15-13(11-17-19-15)10-16-6-2-8-20-9-3-7-18-20/h3-5,7,9,11,16H,2,6,8,10H2,1H3,(H,17,19). The summed E-state index contributed by atoms with van der Waals surface area (Å²) in [4.78, 5) is 0. The predicted molar refractivity (Wildman–Crippen MR) is 79.6 cm³/mol. The van der Waals surface area contributed by atoms with Crippen LogP contribution in [0.15, 0.2) is 41.2 Å². The zero-order chi connectivity index (χ0) is 14.5. The van der Waals surface area contributed by atoms with E-state index in [-0.39, 0.29) is 0 Å². The first-order valence-corrected chi connectivity index (χ1v) is 7.10. The van der Waals surface area contributed by atoms with Crippen molar-refractivity contribution >= 4 is 0 Å². The Bertz CT molecular complexity index is 668. The van der Waals surface area contributed by atoms with E-state index >= 15 is 0 Å². The van der Waals surface area contributed by atoms with Crippen LogP contribution >= 0.6 is 0 Å². The number of H-pyrrole nitrogens is 1. The largest absolute Gasteiger partial charge is 0.460 e.